The zero-order valence-corrected chi connectivity index (χ0v) is 22.6. The van der Waals surface area contributed by atoms with Crippen LogP contribution in [0.5, 0.6) is 0 Å². The van der Waals surface area contributed by atoms with Gasteiger partial charge in [0, 0.05) is 18.0 Å². The number of aromatic amines is 1. The Bertz CT molecular complexity index is 1540. The molecule has 2 amide bonds. The minimum atomic E-state index is -0.885. The van der Waals surface area contributed by atoms with E-state index in [2.05, 4.69) is 43.6 Å². The Kier molecular flexibility index (Phi) is 7.76. The van der Waals surface area contributed by atoms with Crippen molar-refractivity contribution >= 4 is 58.0 Å². The van der Waals surface area contributed by atoms with E-state index in [-0.39, 0.29) is 10.6 Å². The van der Waals surface area contributed by atoms with Crippen LogP contribution < -0.4 is 15.5 Å². The molecule has 0 aliphatic carbocycles. The van der Waals surface area contributed by atoms with Crippen molar-refractivity contribution in [1.29, 1.82) is 0 Å². The van der Waals surface area contributed by atoms with Gasteiger partial charge in [-0.05, 0) is 49.1 Å². The van der Waals surface area contributed by atoms with Crippen LogP contribution in [0.15, 0.2) is 88.5 Å². The lowest BCUT2D eigenvalue weighted by molar-refractivity contribution is -0.120. The third-order valence-corrected chi connectivity index (χ3v) is 8.04. The number of aromatic nitrogens is 3. The predicted octanol–water partition coefficient (Wildman–Crippen LogP) is 5.30. The summed E-state index contributed by atoms with van der Waals surface area (Å²) < 4.78 is 0. The molecule has 1 aromatic carbocycles. The number of piperidine rings is 1. The normalized spacial score (nSPS) is 17.9. The number of nitrogens with zero attached hydrogens (tertiary/aromatic N) is 3. The first-order valence-corrected chi connectivity index (χ1v) is 13.7. The molecular formula is C28H27ClN6O3S. The Morgan fingerprint density at radius 3 is 2.72 bits per heavy atom. The summed E-state index contributed by atoms with van der Waals surface area (Å²) >= 11 is 7.98. The number of benzene rings is 1. The molecule has 1 saturated heterocycles. The summed E-state index contributed by atoms with van der Waals surface area (Å²) in [7, 11) is 0. The van der Waals surface area contributed by atoms with Crippen molar-refractivity contribution in [2.75, 3.05) is 23.3 Å². The minimum Gasteiger partial charge on any atom is -0.509 e. The number of aliphatic hydroxyl groups is 1. The molecule has 200 valence electrons. The zero-order chi connectivity index (χ0) is 27.5. The number of rotatable bonds is 8. The van der Waals surface area contributed by atoms with E-state index in [0.717, 1.165) is 37.4 Å². The highest BCUT2D eigenvalue weighted by molar-refractivity contribution is 7.99. The number of nitrogens with one attached hydrogen (secondary N) is 3. The number of aliphatic hydroxyl groups excluding tert-OH is 1. The molecule has 1 fully saturated rings. The molecule has 0 bridgehead atoms. The van der Waals surface area contributed by atoms with E-state index in [1.54, 1.807) is 18.2 Å². The molecule has 4 N–H and O–H groups in total. The van der Waals surface area contributed by atoms with Crippen LogP contribution in [0.4, 0.5) is 11.6 Å². The number of halogens is 1. The fraction of sp³-hybridized carbons (Fsp3) is 0.214. The number of pyridine rings is 1. The molecule has 0 saturated carbocycles. The van der Waals surface area contributed by atoms with Gasteiger partial charge < -0.3 is 25.6 Å². The van der Waals surface area contributed by atoms with Gasteiger partial charge in [-0.1, -0.05) is 60.8 Å². The molecule has 2 aromatic heterocycles. The highest BCUT2D eigenvalue weighted by Gasteiger charge is 2.37. The van der Waals surface area contributed by atoms with Crippen LogP contribution in [0.2, 0.25) is 5.02 Å². The second-order valence-corrected chi connectivity index (χ2v) is 10.5. The minimum absolute atomic E-state index is 0.280. The molecule has 11 heteroatoms. The maximum Gasteiger partial charge on any atom is 0.264 e. The Labute approximate surface area is 234 Å². The Morgan fingerprint density at radius 1 is 1.18 bits per heavy atom. The van der Waals surface area contributed by atoms with Gasteiger partial charge in [0.25, 0.3) is 11.8 Å². The molecule has 2 aliphatic heterocycles. The highest BCUT2D eigenvalue weighted by atomic mass is 35.5. The fourth-order valence-corrected chi connectivity index (χ4v) is 5.70. The van der Waals surface area contributed by atoms with Crippen LogP contribution >= 0.6 is 23.4 Å². The topological polar surface area (TPSA) is 123 Å². The smallest absolute Gasteiger partial charge is 0.264 e. The number of anilines is 2. The van der Waals surface area contributed by atoms with Gasteiger partial charge in [-0.3, -0.25) is 9.59 Å². The summed E-state index contributed by atoms with van der Waals surface area (Å²) in [6.45, 7) is 9.26. The van der Waals surface area contributed by atoms with Gasteiger partial charge in [-0.15, -0.1) is 0 Å². The second-order valence-electron chi connectivity index (χ2n) is 9.08. The number of amides is 2. The SMILES string of the molecule is C=C/C=C(\C=C)[C@@H]1NC(=O)C(C(=O)Nc2cccc(Sc3ccc4[nH]c(N5CCCCC5)nc4n3)c2Cl)=C1O. The predicted molar refractivity (Wildman–Crippen MR) is 154 cm³/mol. The molecule has 0 spiro atoms. The molecule has 3 aromatic rings. The van der Waals surface area contributed by atoms with Crippen molar-refractivity contribution in [1.82, 2.24) is 20.3 Å². The maximum atomic E-state index is 13.0. The fourth-order valence-electron chi connectivity index (χ4n) is 4.57. The van der Waals surface area contributed by atoms with Gasteiger partial charge in [0.05, 0.1) is 16.2 Å². The summed E-state index contributed by atoms with van der Waals surface area (Å²) in [4.78, 5) is 41.1. The standard InChI is InChI=1S/C28H27ClN6O3S/c1-3-9-16(4-2)23-24(36)21(27(38)33-23)26(37)30-17-10-8-11-19(22(17)29)39-20-13-12-18-25(32-20)34-28(31-18)35-14-6-5-7-15-35/h3-4,8-13,23,36H,1-2,5-7,14-15H2,(H,30,37)(H,33,38)(H,31,32,34)/b16-9+/t23-/m0/s1. The number of hydrogen-bond donors (Lipinski definition) is 4. The monoisotopic (exact) mass is 562 g/mol. The Balaban J connectivity index is 1.34. The first-order chi connectivity index (χ1) is 18.9. The van der Waals surface area contributed by atoms with Gasteiger partial charge in [-0.25, -0.2) is 4.98 Å². The molecule has 39 heavy (non-hydrogen) atoms. The summed E-state index contributed by atoms with van der Waals surface area (Å²) in [5, 5.41) is 16.8. The van der Waals surface area contributed by atoms with E-state index in [0.29, 0.717) is 26.8 Å². The summed E-state index contributed by atoms with van der Waals surface area (Å²) in [5.74, 6) is -1.04. The van der Waals surface area contributed by atoms with Crippen LogP contribution in [0.3, 0.4) is 0 Å². The number of fused-ring (bicyclic) bond motifs is 1. The lowest BCUT2D eigenvalue weighted by Crippen LogP contribution is -2.31. The van der Waals surface area contributed by atoms with Crippen LogP contribution in [-0.4, -0.2) is 51.0 Å². The summed E-state index contributed by atoms with van der Waals surface area (Å²) in [6, 6.07) is 8.10. The molecule has 5 rings (SSSR count). The van der Waals surface area contributed by atoms with Gasteiger partial charge in [0.15, 0.2) is 5.65 Å². The van der Waals surface area contributed by atoms with Crippen molar-refractivity contribution in [2.45, 2.75) is 35.2 Å². The van der Waals surface area contributed by atoms with Gasteiger partial charge in [0.1, 0.15) is 22.4 Å². The highest BCUT2D eigenvalue weighted by Crippen LogP contribution is 2.37. The third-order valence-electron chi connectivity index (χ3n) is 6.53. The van der Waals surface area contributed by atoms with E-state index >= 15 is 0 Å². The molecule has 4 heterocycles. The number of hydrogen-bond acceptors (Lipinski definition) is 7. The van der Waals surface area contributed by atoms with Gasteiger partial charge in [0.2, 0.25) is 5.95 Å². The molecule has 1 atom stereocenters. The number of allylic oxidation sites excluding steroid dienone is 2. The third kappa shape index (κ3) is 5.43. The number of carbonyl (C=O) groups excluding carboxylic acids is 2. The summed E-state index contributed by atoms with van der Waals surface area (Å²) in [6.07, 6.45) is 8.12. The van der Waals surface area contributed by atoms with E-state index in [4.69, 9.17) is 11.6 Å². The van der Waals surface area contributed by atoms with E-state index in [1.807, 2.05) is 18.2 Å². The largest absolute Gasteiger partial charge is 0.509 e. The van der Waals surface area contributed by atoms with Gasteiger partial charge >= 0.3 is 0 Å². The second kappa shape index (κ2) is 11.4. The van der Waals surface area contributed by atoms with E-state index in [9.17, 15) is 14.7 Å². The first-order valence-electron chi connectivity index (χ1n) is 12.5. The quantitative estimate of drug-likeness (QED) is 0.217. The Morgan fingerprint density at radius 2 is 1.97 bits per heavy atom. The number of H-pyrrole nitrogens is 1. The number of imidazole rings is 1. The average Bonchev–Trinajstić information content (AvgIpc) is 3.49. The number of carbonyl (C=O) groups is 2. The van der Waals surface area contributed by atoms with Crippen molar-refractivity contribution in [3.8, 4) is 0 Å². The van der Waals surface area contributed by atoms with Crippen LogP contribution in [0.1, 0.15) is 19.3 Å². The van der Waals surface area contributed by atoms with E-state index < -0.39 is 23.6 Å². The lowest BCUT2D eigenvalue weighted by Gasteiger charge is -2.25. The molecular weight excluding hydrogens is 536 g/mol. The maximum absolute atomic E-state index is 13.0. The van der Waals surface area contributed by atoms with Crippen molar-refractivity contribution in [3.63, 3.8) is 0 Å². The summed E-state index contributed by atoms with van der Waals surface area (Å²) in [5.41, 5.74) is 1.88. The van der Waals surface area contributed by atoms with Crippen LogP contribution in [0, 0.1) is 0 Å². The molecule has 0 unspecified atom stereocenters. The van der Waals surface area contributed by atoms with Crippen LogP contribution in [0.25, 0.3) is 11.2 Å². The van der Waals surface area contributed by atoms with E-state index in [1.165, 1.54) is 30.3 Å². The lowest BCUT2D eigenvalue weighted by atomic mass is 10.0. The molecule has 9 nitrogen and oxygen atoms in total. The first kappa shape index (κ1) is 26.6. The van der Waals surface area contributed by atoms with Crippen molar-refractivity contribution in [3.05, 3.63) is 83.6 Å². The van der Waals surface area contributed by atoms with Crippen LogP contribution in [-0.2, 0) is 9.59 Å². The zero-order valence-electron chi connectivity index (χ0n) is 21.0. The van der Waals surface area contributed by atoms with Gasteiger partial charge in [-0.2, -0.15) is 4.98 Å². The molecule has 2 aliphatic rings. The van der Waals surface area contributed by atoms with Crippen molar-refractivity contribution in [2.24, 2.45) is 0 Å². The van der Waals surface area contributed by atoms with Crippen molar-refractivity contribution < 1.29 is 14.7 Å². The molecule has 0 radical (unpaired) electrons. The Hall–Kier alpha value is -4.02. The average molecular weight is 563 g/mol.